The molecule has 0 radical (unpaired) electrons. The predicted molar refractivity (Wildman–Crippen MR) is 111 cm³/mol. The van der Waals surface area contributed by atoms with Crippen LogP contribution in [0.15, 0.2) is 30.5 Å². The number of hydrogen-bond acceptors (Lipinski definition) is 8. The summed E-state index contributed by atoms with van der Waals surface area (Å²) in [5.41, 5.74) is 0.0768. The number of rotatable bonds is 5. The van der Waals surface area contributed by atoms with Gasteiger partial charge in [-0.25, -0.2) is 4.98 Å². The molecule has 0 aromatic carbocycles. The highest BCUT2D eigenvalue weighted by Crippen LogP contribution is 2.30. The molecule has 0 saturated carbocycles. The second kappa shape index (κ2) is 8.38. The van der Waals surface area contributed by atoms with Gasteiger partial charge in [-0.2, -0.15) is 28.2 Å². The summed E-state index contributed by atoms with van der Waals surface area (Å²) in [6, 6.07) is 5.45. The molecular weight excluding hydrogens is 411 g/mol. The number of H-pyrrole nitrogens is 1. The Labute approximate surface area is 176 Å². The summed E-state index contributed by atoms with van der Waals surface area (Å²) in [7, 11) is 2.05. The molecule has 4 heterocycles. The standard InChI is InChI=1S/C19H22F3N9/c1-12-9-16(29-28-12)24-15-11-17(31-7-5-30(2)6-8-31)27-18(26-15)25-14-10-13(3-4-23-14)19(20,21)22/h3-4,9-11H,5-8H2,1-2H3,(H3,23,24,25,26,27,28,29). The topological polar surface area (TPSA) is 97.9 Å². The number of nitrogens with one attached hydrogen (secondary N) is 3. The number of aryl methyl sites for hydroxylation is 1. The van der Waals surface area contributed by atoms with Crippen molar-refractivity contribution in [1.29, 1.82) is 0 Å². The van der Waals surface area contributed by atoms with Gasteiger partial charge in [-0.3, -0.25) is 5.10 Å². The molecule has 12 heteroatoms. The average molecular weight is 433 g/mol. The average Bonchev–Trinajstić information content (AvgIpc) is 3.12. The fourth-order valence-electron chi connectivity index (χ4n) is 3.15. The quantitative estimate of drug-likeness (QED) is 0.565. The Balaban J connectivity index is 1.64. The summed E-state index contributed by atoms with van der Waals surface area (Å²) in [5, 5.41) is 12.9. The smallest absolute Gasteiger partial charge is 0.354 e. The first-order valence-electron chi connectivity index (χ1n) is 9.68. The van der Waals surface area contributed by atoms with E-state index in [2.05, 4.69) is 52.6 Å². The maximum Gasteiger partial charge on any atom is 0.416 e. The van der Waals surface area contributed by atoms with E-state index in [4.69, 9.17) is 0 Å². The maximum absolute atomic E-state index is 13.0. The van der Waals surface area contributed by atoms with Gasteiger partial charge >= 0.3 is 6.18 Å². The van der Waals surface area contributed by atoms with Crippen LogP contribution in [-0.4, -0.2) is 63.3 Å². The van der Waals surface area contributed by atoms with Crippen molar-refractivity contribution >= 4 is 29.2 Å². The number of likely N-dealkylation sites (N-methyl/N-ethyl adjacent to an activating group) is 1. The molecule has 1 saturated heterocycles. The molecule has 1 aliphatic rings. The van der Waals surface area contributed by atoms with E-state index in [0.29, 0.717) is 17.5 Å². The van der Waals surface area contributed by atoms with E-state index < -0.39 is 11.7 Å². The SMILES string of the molecule is Cc1cc(Nc2cc(N3CCN(C)CC3)nc(Nc3cc(C(F)(F)F)ccn3)n2)n[nH]1. The molecule has 4 rings (SSSR count). The van der Waals surface area contributed by atoms with Gasteiger partial charge in [-0.05, 0) is 26.1 Å². The van der Waals surface area contributed by atoms with Gasteiger partial charge in [0.05, 0.1) is 5.56 Å². The van der Waals surface area contributed by atoms with Crippen molar-refractivity contribution in [2.45, 2.75) is 13.1 Å². The van der Waals surface area contributed by atoms with Crippen molar-refractivity contribution in [2.24, 2.45) is 0 Å². The van der Waals surface area contributed by atoms with E-state index >= 15 is 0 Å². The van der Waals surface area contributed by atoms with Gasteiger partial charge in [0.15, 0.2) is 5.82 Å². The molecule has 1 fully saturated rings. The Morgan fingerprint density at radius 3 is 2.42 bits per heavy atom. The van der Waals surface area contributed by atoms with Gasteiger partial charge in [-0.1, -0.05) is 0 Å². The Morgan fingerprint density at radius 2 is 1.74 bits per heavy atom. The van der Waals surface area contributed by atoms with E-state index in [1.54, 1.807) is 6.07 Å². The third-order valence-electron chi connectivity index (χ3n) is 4.83. The van der Waals surface area contributed by atoms with E-state index in [-0.39, 0.29) is 11.8 Å². The summed E-state index contributed by atoms with van der Waals surface area (Å²) >= 11 is 0. The minimum atomic E-state index is -4.47. The van der Waals surface area contributed by atoms with Gasteiger partial charge < -0.3 is 20.4 Å². The van der Waals surface area contributed by atoms with E-state index in [9.17, 15) is 13.2 Å². The molecule has 0 atom stereocenters. The summed E-state index contributed by atoms with van der Waals surface area (Å²) in [5.74, 6) is 1.84. The number of halogens is 3. The van der Waals surface area contributed by atoms with Gasteiger partial charge in [0.2, 0.25) is 5.95 Å². The third kappa shape index (κ3) is 5.20. The first-order valence-corrected chi connectivity index (χ1v) is 9.68. The van der Waals surface area contributed by atoms with Crippen LogP contribution in [0.3, 0.4) is 0 Å². The summed E-state index contributed by atoms with van der Waals surface area (Å²) in [6.07, 6.45) is -3.37. The van der Waals surface area contributed by atoms with E-state index in [1.165, 1.54) is 0 Å². The molecule has 0 unspecified atom stereocenters. The fourth-order valence-corrected chi connectivity index (χ4v) is 3.15. The van der Waals surface area contributed by atoms with Gasteiger partial charge in [0.25, 0.3) is 0 Å². The zero-order chi connectivity index (χ0) is 22.0. The molecule has 0 amide bonds. The first kappa shape index (κ1) is 20.8. The zero-order valence-corrected chi connectivity index (χ0v) is 17.0. The number of piperazine rings is 1. The van der Waals surface area contributed by atoms with Crippen molar-refractivity contribution in [1.82, 2.24) is 30.0 Å². The molecule has 3 aromatic heterocycles. The van der Waals surface area contributed by atoms with Crippen molar-refractivity contribution in [3.63, 3.8) is 0 Å². The Hall–Kier alpha value is -3.41. The van der Waals surface area contributed by atoms with Gasteiger partial charge in [0, 0.05) is 50.2 Å². The molecule has 0 spiro atoms. The fraction of sp³-hybridized carbons (Fsp3) is 0.368. The second-order valence-corrected chi connectivity index (χ2v) is 7.34. The van der Waals surface area contributed by atoms with E-state index in [1.807, 2.05) is 13.0 Å². The second-order valence-electron chi connectivity index (χ2n) is 7.34. The number of aromatic amines is 1. The molecule has 31 heavy (non-hydrogen) atoms. The summed E-state index contributed by atoms with van der Waals surface area (Å²) < 4.78 is 39.1. The first-order chi connectivity index (χ1) is 14.8. The highest BCUT2D eigenvalue weighted by molar-refractivity contribution is 5.62. The largest absolute Gasteiger partial charge is 0.416 e. The van der Waals surface area contributed by atoms with Crippen molar-refractivity contribution in [3.8, 4) is 0 Å². The Kier molecular flexibility index (Phi) is 5.63. The number of alkyl halides is 3. The highest BCUT2D eigenvalue weighted by atomic mass is 19.4. The van der Waals surface area contributed by atoms with Crippen LogP contribution in [0, 0.1) is 6.92 Å². The van der Waals surface area contributed by atoms with Crippen LogP contribution in [0.2, 0.25) is 0 Å². The van der Waals surface area contributed by atoms with Crippen LogP contribution in [-0.2, 0) is 6.18 Å². The third-order valence-corrected chi connectivity index (χ3v) is 4.83. The maximum atomic E-state index is 13.0. The van der Waals surface area contributed by atoms with Crippen molar-refractivity contribution in [2.75, 3.05) is 48.8 Å². The van der Waals surface area contributed by atoms with E-state index in [0.717, 1.165) is 50.2 Å². The number of hydrogen-bond donors (Lipinski definition) is 3. The number of pyridine rings is 1. The lowest BCUT2D eigenvalue weighted by atomic mass is 10.2. The highest BCUT2D eigenvalue weighted by Gasteiger charge is 2.30. The number of aromatic nitrogens is 5. The van der Waals surface area contributed by atoms with Gasteiger partial charge in [0.1, 0.15) is 17.5 Å². The lowest BCUT2D eigenvalue weighted by Gasteiger charge is -2.33. The Bertz CT molecular complexity index is 1040. The molecule has 1 aliphatic heterocycles. The molecule has 0 bridgehead atoms. The van der Waals surface area contributed by atoms with Crippen LogP contribution < -0.4 is 15.5 Å². The molecule has 9 nitrogen and oxygen atoms in total. The monoisotopic (exact) mass is 433 g/mol. The molecule has 3 N–H and O–H groups in total. The summed E-state index contributed by atoms with van der Waals surface area (Å²) in [6.45, 7) is 5.18. The zero-order valence-electron chi connectivity index (χ0n) is 17.0. The van der Waals surface area contributed by atoms with Crippen molar-refractivity contribution in [3.05, 3.63) is 41.7 Å². The molecular formula is C19H22F3N9. The van der Waals surface area contributed by atoms with Crippen LogP contribution in [0.25, 0.3) is 0 Å². The van der Waals surface area contributed by atoms with Crippen LogP contribution in [0.1, 0.15) is 11.3 Å². The molecule has 0 aliphatic carbocycles. The molecule has 3 aromatic rings. The number of anilines is 5. The number of nitrogens with zero attached hydrogens (tertiary/aromatic N) is 6. The minimum Gasteiger partial charge on any atom is -0.354 e. The molecule has 164 valence electrons. The van der Waals surface area contributed by atoms with Crippen LogP contribution in [0.4, 0.5) is 42.4 Å². The lowest BCUT2D eigenvalue weighted by molar-refractivity contribution is -0.137. The summed E-state index contributed by atoms with van der Waals surface area (Å²) in [4.78, 5) is 17.2. The van der Waals surface area contributed by atoms with Gasteiger partial charge in [-0.15, -0.1) is 0 Å². The predicted octanol–water partition coefficient (Wildman–Crippen LogP) is 3.16. The van der Waals surface area contributed by atoms with Crippen LogP contribution in [0.5, 0.6) is 0 Å². The lowest BCUT2D eigenvalue weighted by Crippen LogP contribution is -2.44. The normalized spacial score (nSPS) is 15.2. The van der Waals surface area contributed by atoms with Crippen molar-refractivity contribution < 1.29 is 13.2 Å². The van der Waals surface area contributed by atoms with Crippen LogP contribution >= 0.6 is 0 Å². The Morgan fingerprint density at radius 1 is 0.968 bits per heavy atom. The minimum absolute atomic E-state index is 0.00640.